The van der Waals surface area contributed by atoms with Gasteiger partial charge in [-0.05, 0) is 43.1 Å². The fraction of sp³-hybridized carbons (Fsp3) is 0.333. The van der Waals surface area contributed by atoms with Gasteiger partial charge in [0.2, 0.25) is 0 Å². The Kier molecular flexibility index (Phi) is 4.45. The lowest BCUT2D eigenvalue weighted by Gasteiger charge is -2.32. The Hall–Kier alpha value is -2.58. The van der Waals surface area contributed by atoms with Gasteiger partial charge >= 0.3 is 0 Å². The fourth-order valence-electron chi connectivity index (χ4n) is 3.37. The topological polar surface area (TPSA) is 85.9 Å². The summed E-state index contributed by atoms with van der Waals surface area (Å²) >= 11 is 0. The number of hydrogen-bond donors (Lipinski definition) is 2. The number of nitrogens with zero attached hydrogens (tertiary/aromatic N) is 2. The van der Waals surface area contributed by atoms with E-state index in [0.29, 0.717) is 17.0 Å². The molecule has 5 heteroatoms. The first kappa shape index (κ1) is 15.3. The van der Waals surface area contributed by atoms with Crippen LogP contribution in [0.15, 0.2) is 36.5 Å². The second-order valence-electron chi connectivity index (χ2n) is 6.06. The lowest BCUT2D eigenvalue weighted by atomic mass is 9.92. The molecule has 0 radical (unpaired) electrons. The minimum Gasteiger partial charge on any atom is -0.366 e. The van der Waals surface area contributed by atoms with Crippen molar-refractivity contribution in [2.24, 2.45) is 5.73 Å². The molecule has 3 N–H and O–H groups in total. The molecular formula is C18H20N4O. The van der Waals surface area contributed by atoms with E-state index in [4.69, 9.17) is 11.0 Å². The highest BCUT2D eigenvalue weighted by Crippen LogP contribution is 2.29. The lowest BCUT2D eigenvalue weighted by molar-refractivity contribution is 0.0997. The number of primary amides is 1. The van der Waals surface area contributed by atoms with Gasteiger partial charge in [0.25, 0.3) is 5.91 Å². The van der Waals surface area contributed by atoms with E-state index >= 15 is 0 Å². The van der Waals surface area contributed by atoms with Crippen LogP contribution in [0.3, 0.4) is 0 Å². The van der Waals surface area contributed by atoms with Crippen LogP contribution in [0.5, 0.6) is 0 Å². The SMILES string of the molecule is N#Cc1cccc(CN2CCCC(c3[nH]ccc3C(N)=O)C2)c1. The Bertz CT molecular complexity index is 743. The zero-order valence-electron chi connectivity index (χ0n) is 13.0. The molecule has 1 atom stereocenters. The number of nitrogens with two attached hydrogens (primary N) is 1. The third-order valence-corrected chi connectivity index (χ3v) is 4.42. The van der Waals surface area contributed by atoms with Crippen LogP contribution in [-0.2, 0) is 6.54 Å². The molecule has 3 rings (SSSR count). The maximum atomic E-state index is 11.5. The van der Waals surface area contributed by atoms with Crippen molar-refractivity contribution in [1.29, 1.82) is 5.26 Å². The van der Waals surface area contributed by atoms with Gasteiger partial charge in [-0.3, -0.25) is 9.69 Å². The summed E-state index contributed by atoms with van der Waals surface area (Å²) < 4.78 is 0. The van der Waals surface area contributed by atoms with Gasteiger partial charge < -0.3 is 10.7 Å². The average molecular weight is 308 g/mol. The number of aromatic amines is 1. The van der Waals surface area contributed by atoms with Crippen molar-refractivity contribution >= 4 is 5.91 Å². The number of rotatable bonds is 4. The second kappa shape index (κ2) is 6.67. The van der Waals surface area contributed by atoms with E-state index in [9.17, 15) is 4.79 Å². The first-order valence-corrected chi connectivity index (χ1v) is 7.86. The molecule has 5 nitrogen and oxygen atoms in total. The Labute approximate surface area is 135 Å². The number of aromatic nitrogens is 1. The van der Waals surface area contributed by atoms with Crippen LogP contribution in [0.1, 0.15) is 45.9 Å². The van der Waals surface area contributed by atoms with Crippen LogP contribution in [0, 0.1) is 11.3 Å². The van der Waals surface area contributed by atoms with Crippen LogP contribution in [-0.4, -0.2) is 28.9 Å². The highest BCUT2D eigenvalue weighted by Gasteiger charge is 2.25. The minimum atomic E-state index is -0.375. The zero-order chi connectivity index (χ0) is 16.2. The van der Waals surface area contributed by atoms with E-state index in [-0.39, 0.29) is 5.91 Å². The molecule has 118 valence electrons. The molecule has 0 bridgehead atoms. The van der Waals surface area contributed by atoms with Crippen molar-refractivity contribution in [2.45, 2.75) is 25.3 Å². The van der Waals surface area contributed by atoms with E-state index in [2.05, 4.69) is 16.0 Å². The molecule has 1 unspecified atom stereocenters. The molecule has 23 heavy (non-hydrogen) atoms. The summed E-state index contributed by atoms with van der Waals surface area (Å²) in [4.78, 5) is 17.1. The van der Waals surface area contributed by atoms with Gasteiger partial charge in [0.05, 0.1) is 17.2 Å². The molecule has 0 spiro atoms. The van der Waals surface area contributed by atoms with Crippen LogP contribution in [0.25, 0.3) is 0 Å². The molecule has 1 aromatic carbocycles. The number of H-pyrrole nitrogens is 1. The summed E-state index contributed by atoms with van der Waals surface area (Å²) in [5, 5.41) is 9.01. The maximum absolute atomic E-state index is 11.5. The van der Waals surface area contributed by atoms with E-state index in [0.717, 1.165) is 43.7 Å². The summed E-state index contributed by atoms with van der Waals surface area (Å²) in [5.74, 6) is -0.0829. The van der Waals surface area contributed by atoms with Crippen LogP contribution < -0.4 is 5.73 Å². The molecule has 2 heterocycles. The van der Waals surface area contributed by atoms with Gasteiger partial charge in [-0.1, -0.05) is 12.1 Å². The van der Waals surface area contributed by atoms with E-state index in [1.54, 1.807) is 12.3 Å². The second-order valence-corrected chi connectivity index (χ2v) is 6.06. The van der Waals surface area contributed by atoms with E-state index in [1.165, 1.54) is 0 Å². The van der Waals surface area contributed by atoms with E-state index in [1.807, 2.05) is 24.3 Å². The Morgan fingerprint density at radius 1 is 1.43 bits per heavy atom. The van der Waals surface area contributed by atoms with Gasteiger partial charge in [0.15, 0.2) is 0 Å². The number of hydrogen-bond acceptors (Lipinski definition) is 3. The number of nitriles is 1. The van der Waals surface area contributed by atoms with Crippen LogP contribution in [0.4, 0.5) is 0 Å². The average Bonchev–Trinajstić information content (AvgIpc) is 3.05. The largest absolute Gasteiger partial charge is 0.366 e. The summed E-state index contributed by atoms with van der Waals surface area (Å²) in [6.07, 6.45) is 3.92. The number of likely N-dealkylation sites (tertiary alicyclic amines) is 1. The van der Waals surface area contributed by atoms with Crippen molar-refractivity contribution in [3.63, 3.8) is 0 Å². The molecular weight excluding hydrogens is 288 g/mol. The first-order chi connectivity index (χ1) is 11.2. The monoisotopic (exact) mass is 308 g/mol. The normalized spacial score (nSPS) is 18.5. The maximum Gasteiger partial charge on any atom is 0.250 e. The minimum absolute atomic E-state index is 0.292. The highest BCUT2D eigenvalue weighted by molar-refractivity contribution is 5.94. The van der Waals surface area contributed by atoms with Gasteiger partial charge in [-0.25, -0.2) is 0 Å². The van der Waals surface area contributed by atoms with Crippen molar-refractivity contribution in [3.8, 4) is 6.07 Å². The molecule has 1 saturated heterocycles. The van der Waals surface area contributed by atoms with Gasteiger partial charge in [-0.15, -0.1) is 0 Å². The highest BCUT2D eigenvalue weighted by atomic mass is 16.1. The number of carbonyl (C=O) groups is 1. The number of benzene rings is 1. The molecule has 1 fully saturated rings. The molecule has 1 aliphatic heterocycles. The Balaban J connectivity index is 1.72. The van der Waals surface area contributed by atoms with Crippen LogP contribution in [0.2, 0.25) is 0 Å². The third-order valence-electron chi connectivity index (χ3n) is 4.42. The van der Waals surface area contributed by atoms with Gasteiger partial charge in [-0.2, -0.15) is 5.26 Å². The van der Waals surface area contributed by atoms with Crippen LogP contribution >= 0.6 is 0 Å². The summed E-state index contributed by atoms with van der Waals surface area (Å²) in [5.41, 5.74) is 8.84. The lowest BCUT2D eigenvalue weighted by Crippen LogP contribution is -2.34. The molecule has 1 aliphatic rings. The van der Waals surface area contributed by atoms with Gasteiger partial charge in [0, 0.05) is 30.9 Å². The molecule has 0 aliphatic carbocycles. The molecule has 0 saturated carbocycles. The Morgan fingerprint density at radius 2 is 2.30 bits per heavy atom. The summed E-state index contributed by atoms with van der Waals surface area (Å²) in [6.45, 7) is 2.73. The number of amides is 1. The Morgan fingerprint density at radius 3 is 3.09 bits per heavy atom. The summed E-state index contributed by atoms with van der Waals surface area (Å²) in [7, 11) is 0. The standard InChI is InChI=1S/C18H20N4O/c19-10-13-3-1-4-14(9-13)11-22-8-2-5-15(12-22)17-16(18(20)23)6-7-21-17/h1,3-4,6-7,9,15,21H,2,5,8,11-12H2,(H2,20,23). The number of piperidine rings is 1. The smallest absolute Gasteiger partial charge is 0.250 e. The zero-order valence-corrected chi connectivity index (χ0v) is 13.0. The number of carbonyl (C=O) groups excluding carboxylic acids is 1. The fourth-order valence-corrected chi connectivity index (χ4v) is 3.37. The molecule has 1 amide bonds. The summed E-state index contributed by atoms with van der Waals surface area (Å²) in [6, 6.07) is 11.7. The molecule has 2 aromatic rings. The van der Waals surface area contributed by atoms with Crippen molar-refractivity contribution in [2.75, 3.05) is 13.1 Å². The van der Waals surface area contributed by atoms with Crippen molar-refractivity contribution in [1.82, 2.24) is 9.88 Å². The first-order valence-electron chi connectivity index (χ1n) is 7.86. The van der Waals surface area contributed by atoms with E-state index < -0.39 is 0 Å². The third kappa shape index (κ3) is 3.43. The predicted octanol–water partition coefficient (Wildman–Crippen LogP) is 2.36. The quantitative estimate of drug-likeness (QED) is 0.909. The van der Waals surface area contributed by atoms with Crippen molar-refractivity contribution in [3.05, 3.63) is 58.9 Å². The predicted molar refractivity (Wildman–Crippen MR) is 87.7 cm³/mol. The number of nitrogens with one attached hydrogen (secondary N) is 1. The van der Waals surface area contributed by atoms with Crippen molar-refractivity contribution < 1.29 is 4.79 Å². The molecule has 1 aromatic heterocycles. The van der Waals surface area contributed by atoms with Gasteiger partial charge in [0.1, 0.15) is 0 Å².